The normalized spacial score (nSPS) is 20.2. The molecule has 1 N–H and O–H groups in total. The number of hydrogen-bond donors (Lipinski definition) is 1. The second-order valence-corrected chi connectivity index (χ2v) is 6.07. The van der Waals surface area contributed by atoms with Crippen LogP contribution in [0.5, 0.6) is 5.75 Å². The van der Waals surface area contributed by atoms with E-state index in [4.69, 9.17) is 4.74 Å². The Morgan fingerprint density at radius 1 is 1.28 bits per heavy atom. The first-order valence-corrected chi connectivity index (χ1v) is 8.08. The molecule has 1 fully saturated rings. The van der Waals surface area contributed by atoms with Gasteiger partial charge in [0.2, 0.25) is 0 Å². The van der Waals surface area contributed by atoms with Gasteiger partial charge in [-0.05, 0) is 24.1 Å². The van der Waals surface area contributed by atoms with E-state index in [2.05, 4.69) is 9.97 Å². The summed E-state index contributed by atoms with van der Waals surface area (Å²) in [6.45, 7) is 0.268. The number of β-amino-alcohol motifs (C(OH)–C–C–N with tert-alkyl or cyclic N) is 1. The minimum Gasteiger partial charge on any atom is -0.497 e. The molecule has 1 aliphatic rings. The van der Waals surface area contributed by atoms with E-state index in [1.807, 2.05) is 24.3 Å². The van der Waals surface area contributed by atoms with Crippen LogP contribution in [0.4, 0.5) is 0 Å². The number of fused-ring (bicyclic) bond motifs is 1. The van der Waals surface area contributed by atoms with Crippen molar-refractivity contribution < 1.29 is 14.6 Å². The van der Waals surface area contributed by atoms with Crippen molar-refractivity contribution in [2.45, 2.75) is 18.6 Å². The molecule has 0 saturated carbocycles. The minimum atomic E-state index is -0.570. The smallest absolute Gasteiger partial charge is 0.276 e. The number of aliphatic hydroxyl groups excluding tert-OH is 1. The molecule has 4 rings (SSSR count). The van der Waals surface area contributed by atoms with E-state index in [-0.39, 0.29) is 24.2 Å². The van der Waals surface area contributed by atoms with Crippen molar-refractivity contribution in [2.24, 2.45) is 0 Å². The molecule has 0 radical (unpaired) electrons. The van der Waals surface area contributed by atoms with Crippen LogP contribution in [0.25, 0.3) is 5.65 Å². The highest BCUT2D eigenvalue weighted by molar-refractivity contribution is 5.98. The fourth-order valence-electron chi connectivity index (χ4n) is 3.34. The lowest BCUT2D eigenvalue weighted by Gasteiger charge is -2.24. The van der Waals surface area contributed by atoms with Crippen LogP contribution in [0.1, 0.15) is 28.5 Å². The zero-order valence-corrected chi connectivity index (χ0v) is 13.7. The van der Waals surface area contributed by atoms with Crippen LogP contribution in [0.2, 0.25) is 0 Å². The fourth-order valence-corrected chi connectivity index (χ4v) is 3.34. The zero-order chi connectivity index (χ0) is 17.4. The molecule has 25 heavy (non-hydrogen) atoms. The van der Waals surface area contributed by atoms with Crippen molar-refractivity contribution >= 4 is 11.6 Å². The number of carbonyl (C=O) groups excluding carboxylic acids is 1. The first-order chi connectivity index (χ1) is 12.2. The summed E-state index contributed by atoms with van der Waals surface area (Å²) < 4.78 is 7.03. The van der Waals surface area contributed by atoms with Gasteiger partial charge >= 0.3 is 0 Å². The van der Waals surface area contributed by atoms with Crippen molar-refractivity contribution in [3.8, 4) is 5.75 Å². The second-order valence-electron chi connectivity index (χ2n) is 6.07. The third kappa shape index (κ3) is 2.72. The zero-order valence-electron chi connectivity index (χ0n) is 13.7. The predicted molar refractivity (Wildman–Crippen MR) is 90.4 cm³/mol. The Morgan fingerprint density at radius 3 is 2.88 bits per heavy atom. The number of aliphatic hydroxyl groups is 1. The third-order valence-electron chi connectivity index (χ3n) is 4.53. The molecule has 1 aliphatic heterocycles. The predicted octanol–water partition coefficient (Wildman–Crippen LogP) is 1.69. The van der Waals surface area contributed by atoms with E-state index < -0.39 is 6.10 Å². The first-order valence-electron chi connectivity index (χ1n) is 8.08. The van der Waals surface area contributed by atoms with Gasteiger partial charge in [-0.3, -0.25) is 4.79 Å². The Hall–Kier alpha value is -2.93. The Kier molecular flexibility index (Phi) is 3.85. The van der Waals surface area contributed by atoms with Crippen LogP contribution < -0.4 is 4.74 Å². The van der Waals surface area contributed by atoms with Gasteiger partial charge in [0, 0.05) is 31.3 Å². The molecule has 7 nitrogen and oxygen atoms in total. The maximum Gasteiger partial charge on any atom is 0.276 e. The molecule has 1 aromatic carbocycles. The van der Waals surface area contributed by atoms with Gasteiger partial charge in [0.15, 0.2) is 11.3 Å². The summed E-state index contributed by atoms with van der Waals surface area (Å²) in [5.41, 5.74) is 1.73. The van der Waals surface area contributed by atoms with E-state index >= 15 is 0 Å². The number of aromatic nitrogens is 3. The van der Waals surface area contributed by atoms with E-state index in [1.165, 1.54) is 0 Å². The molecule has 2 aromatic heterocycles. The summed E-state index contributed by atoms with van der Waals surface area (Å²) in [5.74, 6) is 0.487. The number of rotatable bonds is 3. The molecule has 7 heteroatoms. The SMILES string of the molecule is COc1cccc([C@H]2C[C@H](O)CN2C(=O)c2nccn3ccnc23)c1. The van der Waals surface area contributed by atoms with Gasteiger partial charge in [-0.25, -0.2) is 9.97 Å². The number of carbonyl (C=O) groups is 1. The Labute approximate surface area is 144 Å². The number of ether oxygens (including phenoxy) is 1. The van der Waals surface area contributed by atoms with Gasteiger partial charge in [0.25, 0.3) is 5.91 Å². The van der Waals surface area contributed by atoms with Crippen molar-refractivity contribution in [2.75, 3.05) is 13.7 Å². The highest BCUT2D eigenvalue weighted by atomic mass is 16.5. The number of hydrogen-bond acceptors (Lipinski definition) is 5. The van der Waals surface area contributed by atoms with Crippen LogP contribution in [-0.4, -0.2) is 50.0 Å². The summed E-state index contributed by atoms with van der Waals surface area (Å²) >= 11 is 0. The average molecular weight is 338 g/mol. The summed E-state index contributed by atoms with van der Waals surface area (Å²) in [5, 5.41) is 10.2. The molecule has 1 saturated heterocycles. The lowest BCUT2D eigenvalue weighted by atomic mass is 10.0. The largest absolute Gasteiger partial charge is 0.497 e. The van der Waals surface area contributed by atoms with E-state index in [0.29, 0.717) is 12.1 Å². The highest BCUT2D eigenvalue weighted by Gasteiger charge is 2.37. The number of amides is 1. The number of imidazole rings is 1. The van der Waals surface area contributed by atoms with Crippen LogP contribution in [0, 0.1) is 0 Å². The van der Waals surface area contributed by atoms with Crippen LogP contribution in [0.15, 0.2) is 49.1 Å². The maximum atomic E-state index is 13.1. The Balaban J connectivity index is 1.72. The lowest BCUT2D eigenvalue weighted by Crippen LogP contribution is -2.32. The molecule has 0 unspecified atom stereocenters. The number of likely N-dealkylation sites (tertiary alicyclic amines) is 1. The van der Waals surface area contributed by atoms with E-state index in [0.717, 1.165) is 11.3 Å². The molecular formula is C18H18N4O3. The highest BCUT2D eigenvalue weighted by Crippen LogP contribution is 2.34. The van der Waals surface area contributed by atoms with Crippen LogP contribution in [0.3, 0.4) is 0 Å². The molecule has 0 spiro atoms. The van der Waals surface area contributed by atoms with Gasteiger partial charge in [0.1, 0.15) is 5.75 Å². The van der Waals surface area contributed by atoms with Gasteiger partial charge in [0.05, 0.1) is 19.3 Å². The number of benzene rings is 1. The molecule has 3 heterocycles. The summed E-state index contributed by atoms with van der Waals surface area (Å²) in [4.78, 5) is 23.2. The van der Waals surface area contributed by atoms with Gasteiger partial charge < -0.3 is 19.1 Å². The fraction of sp³-hybridized carbons (Fsp3) is 0.278. The van der Waals surface area contributed by atoms with Gasteiger partial charge in [-0.15, -0.1) is 0 Å². The Bertz CT molecular complexity index is 923. The Morgan fingerprint density at radius 2 is 2.08 bits per heavy atom. The quantitative estimate of drug-likeness (QED) is 0.786. The minimum absolute atomic E-state index is 0.227. The van der Waals surface area contributed by atoms with Crippen LogP contribution >= 0.6 is 0 Å². The standard InChI is InChI=1S/C18H18N4O3/c1-25-14-4-2-3-12(9-14)15-10-13(23)11-22(15)18(24)16-17-20-6-8-21(17)7-5-19-16/h2-9,13,15,23H,10-11H2,1H3/t13-,15+/m0/s1. The second kappa shape index (κ2) is 6.18. The topological polar surface area (TPSA) is 80.0 Å². The summed E-state index contributed by atoms with van der Waals surface area (Å²) in [6.07, 6.45) is 6.64. The maximum absolute atomic E-state index is 13.1. The molecule has 0 bridgehead atoms. The molecule has 1 amide bonds. The average Bonchev–Trinajstić information content (AvgIpc) is 3.27. The monoisotopic (exact) mass is 338 g/mol. The van der Waals surface area contributed by atoms with Gasteiger partial charge in [-0.2, -0.15) is 0 Å². The van der Waals surface area contributed by atoms with Crippen molar-refractivity contribution in [1.29, 1.82) is 0 Å². The molecule has 2 atom stereocenters. The van der Waals surface area contributed by atoms with E-state index in [9.17, 15) is 9.90 Å². The summed E-state index contributed by atoms with van der Waals surface area (Å²) in [6, 6.07) is 7.35. The molecular weight excluding hydrogens is 320 g/mol. The molecule has 3 aromatic rings. The third-order valence-corrected chi connectivity index (χ3v) is 4.53. The summed E-state index contributed by atoms with van der Waals surface area (Å²) in [7, 11) is 1.61. The van der Waals surface area contributed by atoms with Crippen molar-refractivity contribution in [3.63, 3.8) is 0 Å². The van der Waals surface area contributed by atoms with Crippen LogP contribution in [-0.2, 0) is 0 Å². The molecule has 0 aliphatic carbocycles. The molecule has 128 valence electrons. The lowest BCUT2D eigenvalue weighted by molar-refractivity contribution is 0.0711. The van der Waals surface area contributed by atoms with Crippen molar-refractivity contribution in [1.82, 2.24) is 19.3 Å². The number of methoxy groups -OCH3 is 1. The van der Waals surface area contributed by atoms with Gasteiger partial charge in [-0.1, -0.05) is 12.1 Å². The first kappa shape index (κ1) is 15.6. The number of nitrogens with zero attached hydrogens (tertiary/aromatic N) is 4. The van der Waals surface area contributed by atoms with Crippen molar-refractivity contribution in [3.05, 3.63) is 60.3 Å². The van der Waals surface area contributed by atoms with E-state index in [1.54, 1.807) is 41.2 Å².